The molecule has 1 aromatic rings. The molecule has 0 saturated heterocycles. The first kappa shape index (κ1) is 28.9. The number of unbranched alkanes of at least 4 members (excludes halogenated alkanes) is 2. The van der Waals surface area contributed by atoms with Crippen LogP contribution < -0.4 is 16.2 Å². The largest absolute Gasteiger partial charge is 0.392 e. The third kappa shape index (κ3) is 12.1. The van der Waals surface area contributed by atoms with Crippen LogP contribution in [0.2, 0.25) is 0 Å². The molecular formula is C24H41N5O3S. The van der Waals surface area contributed by atoms with E-state index in [1.54, 1.807) is 13.0 Å². The molecule has 186 valence electrons. The number of aromatic nitrogens is 2. The first-order valence-corrected chi connectivity index (χ1v) is 12.8. The van der Waals surface area contributed by atoms with Gasteiger partial charge in [0.2, 0.25) is 11.9 Å². The standard InChI is InChI=1S/C24H41N5O3S/c1-6-14-24(4,5)29-19(31)17-33-20(13-11-9-8-10-12-16-30)27-21-18(3)26-23(25-15-7-2)28-22(21)32/h10,12,30H,6-9,11,13-17H2,1-5H3,(H,29,31)(H2,25,26,28,32). The number of aryl methyl sites for hydroxylation is 1. The fraction of sp³-hybridized carbons (Fsp3) is 0.667. The van der Waals surface area contributed by atoms with Gasteiger partial charge in [-0.1, -0.05) is 32.4 Å². The number of amides is 1. The van der Waals surface area contributed by atoms with Crippen molar-refractivity contribution in [3.8, 4) is 0 Å². The summed E-state index contributed by atoms with van der Waals surface area (Å²) in [6.07, 6.45) is 9.84. The molecule has 1 amide bonds. The quantitative estimate of drug-likeness (QED) is 0.128. The summed E-state index contributed by atoms with van der Waals surface area (Å²) in [7, 11) is 0. The van der Waals surface area contributed by atoms with E-state index in [0.29, 0.717) is 18.1 Å². The fourth-order valence-corrected chi connectivity index (χ4v) is 4.12. The Balaban J connectivity index is 2.95. The van der Waals surface area contributed by atoms with E-state index in [4.69, 9.17) is 5.11 Å². The molecule has 0 fully saturated rings. The van der Waals surface area contributed by atoms with Crippen molar-refractivity contribution in [2.75, 3.05) is 24.2 Å². The summed E-state index contributed by atoms with van der Waals surface area (Å²) >= 11 is 1.37. The van der Waals surface area contributed by atoms with Crippen LogP contribution in [0.15, 0.2) is 21.9 Å². The topological polar surface area (TPSA) is 119 Å². The predicted octanol–water partition coefficient (Wildman–Crippen LogP) is 4.47. The number of carbonyl (C=O) groups excluding carboxylic acids is 1. The third-order valence-electron chi connectivity index (χ3n) is 4.85. The van der Waals surface area contributed by atoms with Crippen molar-refractivity contribution in [3.05, 3.63) is 28.2 Å². The molecule has 9 heteroatoms. The smallest absolute Gasteiger partial charge is 0.278 e. The van der Waals surface area contributed by atoms with Crippen LogP contribution >= 0.6 is 11.8 Å². The number of anilines is 1. The number of carbonyl (C=O) groups is 1. The summed E-state index contributed by atoms with van der Waals surface area (Å²) < 4.78 is 0. The van der Waals surface area contributed by atoms with Gasteiger partial charge in [0.05, 0.1) is 23.1 Å². The minimum absolute atomic E-state index is 0.0418. The molecule has 8 nitrogen and oxygen atoms in total. The Hall–Kier alpha value is -2.13. The molecule has 1 rings (SSSR count). The Bertz CT molecular complexity index is 849. The molecule has 1 aromatic heterocycles. The third-order valence-corrected chi connectivity index (χ3v) is 5.89. The Labute approximate surface area is 202 Å². The normalized spacial score (nSPS) is 12.4. The second-order valence-corrected chi connectivity index (χ2v) is 9.70. The lowest BCUT2D eigenvalue weighted by molar-refractivity contribution is -0.120. The van der Waals surface area contributed by atoms with Crippen molar-refractivity contribution < 1.29 is 9.90 Å². The average molecular weight is 480 g/mol. The van der Waals surface area contributed by atoms with Gasteiger partial charge >= 0.3 is 0 Å². The zero-order chi connectivity index (χ0) is 24.7. The van der Waals surface area contributed by atoms with Gasteiger partial charge in [-0.05, 0) is 59.3 Å². The maximum Gasteiger partial charge on any atom is 0.278 e. The maximum atomic E-state index is 12.6. The van der Waals surface area contributed by atoms with E-state index in [1.165, 1.54) is 11.8 Å². The molecule has 4 N–H and O–H groups in total. The van der Waals surface area contributed by atoms with Crippen LogP contribution in [-0.4, -0.2) is 50.5 Å². The molecular weight excluding hydrogens is 438 g/mol. The number of nitrogens with zero attached hydrogens (tertiary/aromatic N) is 2. The van der Waals surface area contributed by atoms with Crippen molar-refractivity contribution in [3.63, 3.8) is 0 Å². The van der Waals surface area contributed by atoms with Gasteiger partial charge in [-0.25, -0.2) is 9.98 Å². The molecule has 33 heavy (non-hydrogen) atoms. The summed E-state index contributed by atoms with van der Waals surface area (Å²) in [5.41, 5.74) is 0.293. The highest BCUT2D eigenvalue weighted by atomic mass is 32.2. The fourth-order valence-electron chi connectivity index (χ4n) is 3.30. The van der Waals surface area contributed by atoms with Gasteiger partial charge in [-0.15, -0.1) is 11.8 Å². The second kappa shape index (κ2) is 15.7. The summed E-state index contributed by atoms with van der Waals surface area (Å²) in [5.74, 6) is 0.650. The summed E-state index contributed by atoms with van der Waals surface area (Å²) in [6, 6.07) is 0. The second-order valence-electron chi connectivity index (χ2n) is 8.65. The summed E-state index contributed by atoms with van der Waals surface area (Å²) in [6.45, 7) is 10.7. The first-order valence-electron chi connectivity index (χ1n) is 11.8. The number of hydrogen-bond acceptors (Lipinski definition) is 7. The lowest BCUT2D eigenvalue weighted by atomic mass is 9.99. The zero-order valence-corrected chi connectivity index (χ0v) is 21.6. The van der Waals surface area contributed by atoms with Crippen molar-refractivity contribution >= 4 is 34.3 Å². The molecule has 0 aliphatic heterocycles. The summed E-state index contributed by atoms with van der Waals surface area (Å²) in [4.78, 5) is 37.0. The van der Waals surface area contributed by atoms with E-state index in [1.807, 2.05) is 26.8 Å². The number of H-pyrrole nitrogens is 1. The molecule has 0 aliphatic rings. The van der Waals surface area contributed by atoms with Gasteiger partial charge < -0.3 is 15.7 Å². The lowest BCUT2D eigenvalue weighted by Gasteiger charge is -2.25. The Kier molecular flexibility index (Phi) is 13.7. The number of rotatable bonds is 15. The van der Waals surface area contributed by atoms with E-state index in [0.717, 1.165) is 50.1 Å². The number of thioether (sulfide) groups is 1. The van der Waals surface area contributed by atoms with Crippen LogP contribution in [0.25, 0.3) is 0 Å². The molecule has 0 atom stereocenters. The van der Waals surface area contributed by atoms with Crippen LogP contribution in [0.5, 0.6) is 0 Å². The van der Waals surface area contributed by atoms with E-state index < -0.39 is 0 Å². The van der Waals surface area contributed by atoms with Crippen molar-refractivity contribution in [2.24, 2.45) is 4.99 Å². The van der Waals surface area contributed by atoms with E-state index >= 15 is 0 Å². The van der Waals surface area contributed by atoms with Gasteiger partial charge in [0.15, 0.2) is 5.69 Å². The van der Waals surface area contributed by atoms with E-state index in [9.17, 15) is 9.59 Å². The average Bonchev–Trinajstić information content (AvgIpc) is 2.74. The highest BCUT2D eigenvalue weighted by Crippen LogP contribution is 2.20. The number of aliphatic hydroxyl groups is 1. The molecule has 0 saturated carbocycles. The minimum atomic E-state index is -0.293. The first-order chi connectivity index (χ1) is 15.7. The van der Waals surface area contributed by atoms with Crippen molar-refractivity contribution in [2.45, 2.75) is 85.1 Å². The number of aliphatic imine (C=N–C) groups is 1. The number of nitrogens with one attached hydrogen (secondary N) is 3. The van der Waals surface area contributed by atoms with Crippen LogP contribution in [-0.2, 0) is 4.79 Å². The molecule has 1 heterocycles. The molecule has 0 aromatic carbocycles. The molecule has 0 bridgehead atoms. The van der Waals surface area contributed by atoms with Crippen LogP contribution in [0.4, 0.5) is 11.6 Å². The van der Waals surface area contributed by atoms with Gasteiger partial charge in [0.25, 0.3) is 5.56 Å². The van der Waals surface area contributed by atoms with Gasteiger partial charge in [0.1, 0.15) is 0 Å². The van der Waals surface area contributed by atoms with Gasteiger partial charge in [-0.3, -0.25) is 14.6 Å². The summed E-state index contributed by atoms with van der Waals surface area (Å²) in [5, 5.41) is 15.8. The van der Waals surface area contributed by atoms with Crippen LogP contribution in [0.3, 0.4) is 0 Å². The highest BCUT2D eigenvalue weighted by Gasteiger charge is 2.19. The number of hydrogen-bond donors (Lipinski definition) is 4. The van der Waals surface area contributed by atoms with Crippen LogP contribution in [0, 0.1) is 6.92 Å². The van der Waals surface area contributed by atoms with Crippen molar-refractivity contribution in [1.82, 2.24) is 15.3 Å². The van der Waals surface area contributed by atoms with Gasteiger partial charge in [-0.2, -0.15) is 0 Å². The Morgan fingerprint density at radius 1 is 1.24 bits per heavy atom. The lowest BCUT2D eigenvalue weighted by Crippen LogP contribution is -2.44. The molecule has 0 aliphatic carbocycles. The number of allylic oxidation sites excluding steroid dienone is 1. The van der Waals surface area contributed by atoms with Gasteiger partial charge in [0, 0.05) is 12.1 Å². The Morgan fingerprint density at radius 2 is 2.00 bits per heavy atom. The molecule has 0 spiro atoms. The van der Waals surface area contributed by atoms with Crippen molar-refractivity contribution in [1.29, 1.82) is 0 Å². The SMILES string of the molecule is CCCNc1nc(C)c(N=C(CCCCC=CCO)SCC(=O)NC(C)(C)CCC)c(=O)[nH]1. The molecule has 0 radical (unpaired) electrons. The van der Waals surface area contributed by atoms with E-state index in [-0.39, 0.29) is 35.1 Å². The highest BCUT2D eigenvalue weighted by molar-refractivity contribution is 8.14. The van der Waals surface area contributed by atoms with Crippen LogP contribution in [0.1, 0.15) is 78.3 Å². The number of aliphatic hydroxyl groups excluding tert-OH is 1. The molecule has 0 unspecified atom stereocenters. The maximum absolute atomic E-state index is 12.6. The Morgan fingerprint density at radius 3 is 2.64 bits per heavy atom. The monoisotopic (exact) mass is 479 g/mol. The zero-order valence-electron chi connectivity index (χ0n) is 20.8. The van der Waals surface area contributed by atoms with E-state index in [2.05, 4.69) is 32.5 Å². The minimum Gasteiger partial charge on any atom is -0.392 e. The predicted molar refractivity (Wildman–Crippen MR) is 140 cm³/mol. The number of aromatic amines is 1.